The summed E-state index contributed by atoms with van der Waals surface area (Å²) in [5.74, 6) is 1.31. The number of benzene rings is 2. The topological polar surface area (TPSA) is 62.7 Å². The summed E-state index contributed by atoms with van der Waals surface area (Å²) in [6.07, 6.45) is 3.60. The predicted octanol–water partition coefficient (Wildman–Crippen LogP) is 5.20. The van der Waals surface area contributed by atoms with Crippen LogP contribution in [0, 0.1) is 6.92 Å². The molecule has 0 aliphatic carbocycles. The lowest BCUT2D eigenvalue weighted by molar-refractivity contribution is 1.04. The van der Waals surface area contributed by atoms with Crippen molar-refractivity contribution in [3.05, 3.63) is 96.3 Å². The number of rotatable bonds is 6. The molecule has 5 nitrogen and oxygen atoms in total. The van der Waals surface area contributed by atoms with Crippen molar-refractivity contribution in [2.75, 3.05) is 10.6 Å². The number of aryl methyl sites for hydroxylation is 1. The maximum atomic E-state index is 4.70. The van der Waals surface area contributed by atoms with Gasteiger partial charge in [-0.25, -0.2) is 4.98 Å². The Morgan fingerprint density at radius 2 is 1.75 bits per heavy atom. The zero-order valence-corrected chi connectivity index (χ0v) is 15.6. The van der Waals surface area contributed by atoms with Gasteiger partial charge in [-0.3, -0.25) is 4.98 Å². The molecule has 4 rings (SSSR count). The molecule has 28 heavy (non-hydrogen) atoms. The lowest BCUT2D eigenvalue weighted by atomic mass is 10.1. The maximum absolute atomic E-state index is 4.70. The highest BCUT2D eigenvalue weighted by molar-refractivity contribution is 5.67. The second kappa shape index (κ2) is 8.31. The molecule has 0 saturated heterocycles. The molecule has 4 aromatic rings. The average Bonchev–Trinajstić information content (AvgIpc) is 2.74. The summed E-state index contributed by atoms with van der Waals surface area (Å²) < 4.78 is 0. The predicted molar refractivity (Wildman–Crippen MR) is 113 cm³/mol. The number of aromatic nitrogens is 3. The van der Waals surface area contributed by atoms with Gasteiger partial charge in [0.2, 0.25) is 5.95 Å². The number of hydrogen-bond acceptors (Lipinski definition) is 5. The molecule has 0 unspecified atom stereocenters. The van der Waals surface area contributed by atoms with Crippen LogP contribution in [0.1, 0.15) is 11.1 Å². The van der Waals surface area contributed by atoms with Gasteiger partial charge in [0.1, 0.15) is 5.82 Å². The van der Waals surface area contributed by atoms with E-state index in [1.165, 1.54) is 5.56 Å². The quantitative estimate of drug-likeness (QED) is 0.490. The van der Waals surface area contributed by atoms with E-state index >= 15 is 0 Å². The van der Waals surface area contributed by atoms with Gasteiger partial charge in [-0.05, 0) is 36.2 Å². The normalized spacial score (nSPS) is 10.5. The van der Waals surface area contributed by atoms with Crippen LogP contribution in [0.15, 0.2) is 85.2 Å². The molecule has 0 spiro atoms. The molecular formula is C23H21N5. The van der Waals surface area contributed by atoms with Crippen LogP contribution in [0.3, 0.4) is 0 Å². The average molecular weight is 367 g/mol. The molecule has 0 radical (unpaired) electrons. The van der Waals surface area contributed by atoms with E-state index in [4.69, 9.17) is 4.98 Å². The molecule has 0 amide bonds. The first-order chi connectivity index (χ1) is 13.8. The summed E-state index contributed by atoms with van der Waals surface area (Å²) in [5.41, 5.74) is 5.17. The van der Waals surface area contributed by atoms with Crippen LogP contribution in [-0.2, 0) is 6.54 Å². The van der Waals surface area contributed by atoms with Crippen LogP contribution >= 0.6 is 0 Å². The van der Waals surface area contributed by atoms with Crippen molar-refractivity contribution in [1.82, 2.24) is 15.0 Å². The Balaban J connectivity index is 1.64. The highest BCUT2D eigenvalue weighted by Gasteiger charge is 2.08. The van der Waals surface area contributed by atoms with Crippen LogP contribution in [0.5, 0.6) is 0 Å². The molecule has 2 aromatic heterocycles. The van der Waals surface area contributed by atoms with E-state index in [2.05, 4.69) is 39.7 Å². The Hall–Kier alpha value is -3.73. The summed E-state index contributed by atoms with van der Waals surface area (Å²) in [7, 11) is 0. The van der Waals surface area contributed by atoms with E-state index < -0.39 is 0 Å². The van der Waals surface area contributed by atoms with Gasteiger partial charge in [-0.1, -0.05) is 48.5 Å². The highest BCUT2D eigenvalue weighted by Crippen LogP contribution is 2.24. The van der Waals surface area contributed by atoms with Crippen LogP contribution in [0.2, 0.25) is 0 Å². The minimum absolute atomic E-state index is 0.570. The molecule has 5 heteroatoms. The Labute approximate surface area is 164 Å². The summed E-state index contributed by atoms with van der Waals surface area (Å²) in [5, 5.41) is 6.70. The van der Waals surface area contributed by atoms with Crippen molar-refractivity contribution in [2.24, 2.45) is 0 Å². The second-order valence-corrected chi connectivity index (χ2v) is 6.54. The Bertz CT molecular complexity index is 1050. The second-order valence-electron chi connectivity index (χ2n) is 6.54. The summed E-state index contributed by atoms with van der Waals surface area (Å²) in [4.78, 5) is 13.5. The SMILES string of the molecule is Cc1cccc(Nc2cc(-c3ccccc3)nc(NCc3cccnc3)n2)c1. The van der Waals surface area contributed by atoms with Gasteiger partial charge in [0.25, 0.3) is 0 Å². The minimum atomic E-state index is 0.570. The van der Waals surface area contributed by atoms with Gasteiger partial charge in [-0.2, -0.15) is 4.98 Å². The number of nitrogens with zero attached hydrogens (tertiary/aromatic N) is 3. The zero-order valence-electron chi connectivity index (χ0n) is 15.6. The van der Waals surface area contributed by atoms with Crippen molar-refractivity contribution in [1.29, 1.82) is 0 Å². The summed E-state index contributed by atoms with van der Waals surface area (Å²) in [6, 6.07) is 24.2. The van der Waals surface area contributed by atoms with Gasteiger partial charge in [-0.15, -0.1) is 0 Å². The maximum Gasteiger partial charge on any atom is 0.225 e. The highest BCUT2D eigenvalue weighted by atomic mass is 15.1. The molecule has 0 bridgehead atoms. The van der Waals surface area contributed by atoms with Crippen LogP contribution < -0.4 is 10.6 Å². The largest absolute Gasteiger partial charge is 0.350 e. The van der Waals surface area contributed by atoms with Crippen LogP contribution in [0.25, 0.3) is 11.3 Å². The minimum Gasteiger partial charge on any atom is -0.350 e. The number of anilines is 3. The van der Waals surface area contributed by atoms with E-state index in [1.54, 1.807) is 6.20 Å². The van der Waals surface area contributed by atoms with E-state index in [9.17, 15) is 0 Å². The third kappa shape index (κ3) is 4.51. The Morgan fingerprint density at radius 3 is 2.54 bits per heavy atom. The molecule has 0 saturated carbocycles. The van der Waals surface area contributed by atoms with Gasteiger partial charge in [0.15, 0.2) is 0 Å². The lowest BCUT2D eigenvalue weighted by Gasteiger charge is -2.12. The van der Waals surface area contributed by atoms with Crippen molar-refractivity contribution >= 4 is 17.5 Å². The summed E-state index contributed by atoms with van der Waals surface area (Å²) in [6.45, 7) is 2.68. The molecule has 0 aliphatic heterocycles. The molecular weight excluding hydrogens is 346 g/mol. The third-order valence-corrected chi connectivity index (χ3v) is 4.26. The van der Waals surface area contributed by atoms with Crippen LogP contribution in [-0.4, -0.2) is 15.0 Å². The van der Waals surface area contributed by atoms with Gasteiger partial charge < -0.3 is 10.6 Å². The molecule has 138 valence electrons. The lowest BCUT2D eigenvalue weighted by Crippen LogP contribution is -2.06. The van der Waals surface area contributed by atoms with Gasteiger partial charge in [0, 0.05) is 36.3 Å². The first-order valence-electron chi connectivity index (χ1n) is 9.17. The third-order valence-electron chi connectivity index (χ3n) is 4.26. The first-order valence-corrected chi connectivity index (χ1v) is 9.17. The standard InChI is InChI=1S/C23H21N5/c1-17-7-5-11-20(13-17)26-22-14-21(19-9-3-2-4-10-19)27-23(28-22)25-16-18-8-6-12-24-15-18/h2-15H,16H2,1H3,(H2,25,26,27,28). The molecule has 0 fully saturated rings. The van der Waals surface area contributed by atoms with Crippen molar-refractivity contribution < 1.29 is 0 Å². The molecule has 2 heterocycles. The van der Waals surface area contributed by atoms with Gasteiger partial charge >= 0.3 is 0 Å². The Kier molecular flexibility index (Phi) is 5.24. The summed E-state index contributed by atoms with van der Waals surface area (Å²) >= 11 is 0. The fraction of sp³-hybridized carbons (Fsp3) is 0.0870. The molecule has 2 aromatic carbocycles. The van der Waals surface area contributed by atoms with E-state index in [-0.39, 0.29) is 0 Å². The van der Waals surface area contributed by atoms with Crippen molar-refractivity contribution in [2.45, 2.75) is 13.5 Å². The fourth-order valence-electron chi connectivity index (χ4n) is 2.90. The van der Waals surface area contributed by atoms with Crippen LogP contribution in [0.4, 0.5) is 17.5 Å². The molecule has 2 N–H and O–H groups in total. The van der Waals surface area contributed by atoms with E-state index in [0.29, 0.717) is 12.5 Å². The molecule has 0 atom stereocenters. The molecule has 0 aliphatic rings. The van der Waals surface area contributed by atoms with Crippen molar-refractivity contribution in [3.8, 4) is 11.3 Å². The Morgan fingerprint density at radius 1 is 0.857 bits per heavy atom. The van der Waals surface area contributed by atoms with E-state index in [1.807, 2.05) is 66.9 Å². The fourth-order valence-corrected chi connectivity index (χ4v) is 2.90. The van der Waals surface area contributed by atoms with Crippen molar-refractivity contribution in [3.63, 3.8) is 0 Å². The smallest absolute Gasteiger partial charge is 0.225 e. The number of hydrogen-bond donors (Lipinski definition) is 2. The zero-order chi connectivity index (χ0) is 19.2. The number of pyridine rings is 1. The monoisotopic (exact) mass is 367 g/mol. The van der Waals surface area contributed by atoms with E-state index in [0.717, 1.165) is 28.3 Å². The first kappa shape index (κ1) is 17.7. The number of nitrogens with one attached hydrogen (secondary N) is 2. The van der Waals surface area contributed by atoms with Gasteiger partial charge in [0.05, 0.1) is 5.69 Å².